The molecular formula is C21H23N3O4. The number of fused-ring (bicyclic) bond motifs is 1. The van der Waals surface area contributed by atoms with Crippen LogP contribution in [0.1, 0.15) is 40.4 Å². The summed E-state index contributed by atoms with van der Waals surface area (Å²) in [6, 6.07) is 8.84. The Balaban J connectivity index is 1.96. The molecule has 3 rings (SSSR count). The molecule has 146 valence electrons. The molecule has 0 radical (unpaired) electrons. The normalized spacial score (nSPS) is 10.9. The Bertz CT molecular complexity index is 1050. The van der Waals surface area contributed by atoms with Crippen molar-refractivity contribution in [3.05, 3.63) is 53.5 Å². The van der Waals surface area contributed by atoms with Gasteiger partial charge >= 0.3 is 5.97 Å². The molecule has 0 aliphatic carbocycles. The van der Waals surface area contributed by atoms with Crippen molar-refractivity contribution in [1.82, 2.24) is 14.9 Å². The molecule has 0 bridgehead atoms. The number of aromatic nitrogens is 2. The fourth-order valence-corrected chi connectivity index (χ4v) is 3.09. The number of hydrogen-bond donors (Lipinski definition) is 1. The predicted molar refractivity (Wildman–Crippen MR) is 106 cm³/mol. The molecule has 0 atom stereocenters. The van der Waals surface area contributed by atoms with Crippen LogP contribution in [0, 0.1) is 6.92 Å². The SMILES string of the molecule is CNC(=O)c1cc(Oc2ccc3c(C)c(C(=O)OC(C)C)n(C)c3c2)ccn1. The molecule has 0 spiro atoms. The van der Waals surface area contributed by atoms with Crippen molar-refractivity contribution >= 4 is 22.8 Å². The first-order chi connectivity index (χ1) is 13.3. The Morgan fingerprint density at radius 3 is 2.54 bits per heavy atom. The minimum atomic E-state index is -0.349. The lowest BCUT2D eigenvalue weighted by Gasteiger charge is -2.10. The number of benzene rings is 1. The Hall–Kier alpha value is -3.35. The van der Waals surface area contributed by atoms with Crippen molar-refractivity contribution in [3.63, 3.8) is 0 Å². The summed E-state index contributed by atoms with van der Waals surface area (Å²) in [5, 5.41) is 3.48. The van der Waals surface area contributed by atoms with E-state index in [0.717, 1.165) is 16.5 Å². The van der Waals surface area contributed by atoms with Crippen molar-refractivity contribution in [2.45, 2.75) is 26.9 Å². The lowest BCUT2D eigenvalue weighted by atomic mass is 10.1. The number of nitrogens with zero attached hydrogens (tertiary/aromatic N) is 2. The zero-order valence-electron chi connectivity index (χ0n) is 16.6. The van der Waals surface area contributed by atoms with Gasteiger partial charge in [0.1, 0.15) is 22.9 Å². The number of esters is 1. The van der Waals surface area contributed by atoms with Gasteiger partial charge in [0.2, 0.25) is 0 Å². The maximum absolute atomic E-state index is 12.5. The van der Waals surface area contributed by atoms with E-state index in [1.807, 2.05) is 50.6 Å². The molecule has 0 unspecified atom stereocenters. The van der Waals surface area contributed by atoms with E-state index in [1.165, 1.54) is 6.20 Å². The fraction of sp³-hybridized carbons (Fsp3) is 0.286. The van der Waals surface area contributed by atoms with Crippen LogP contribution < -0.4 is 10.1 Å². The van der Waals surface area contributed by atoms with Gasteiger partial charge in [-0.15, -0.1) is 0 Å². The smallest absolute Gasteiger partial charge is 0.355 e. The van der Waals surface area contributed by atoms with Gasteiger partial charge in [-0.1, -0.05) is 0 Å². The summed E-state index contributed by atoms with van der Waals surface area (Å²) in [5.74, 6) is 0.453. The van der Waals surface area contributed by atoms with Gasteiger partial charge in [0.25, 0.3) is 5.91 Å². The van der Waals surface area contributed by atoms with Gasteiger partial charge in [0.05, 0.1) is 11.6 Å². The fourth-order valence-electron chi connectivity index (χ4n) is 3.09. The molecule has 1 aromatic carbocycles. The number of aryl methyl sites for hydroxylation is 2. The molecule has 0 fully saturated rings. The average molecular weight is 381 g/mol. The van der Waals surface area contributed by atoms with Gasteiger partial charge < -0.3 is 19.4 Å². The first-order valence-electron chi connectivity index (χ1n) is 8.97. The highest BCUT2D eigenvalue weighted by Gasteiger charge is 2.21. The standard InChI is InChI=1S/C21H23N3O4/c1-12(2)27-21(26)19-13(3)16-7-6-14(11-18(16)24(19)5)28-15-8-9-23-17(10-15)20(25)22-4/h6-12H,1-5H3,(H,22,25). The van der Waals surface area contributed by atoms with Gasteiger partial charge in [-0.3, -0.25) is 9.78 Å². The number of carbonyl (C=O) groups is 2. The maximum atomic E-state index is 12.5. The number of ether oxygens (including phenoxy) is 2. The molecule has 0 aliphatic heterocycles. The minimum Gasteiger partial charge on any atom is -0.458 e. The highest BCUT2D eigenvalue weighted by atomic mass is 16.5. The third kappa shape index (κ3) is 3.69. The van der Waals surface area contributed by atoms with Gasteiger partial charge in [-0.25, -0.2) is 4.79 Å². The number of hydrogen-bond acceptors (Lipinski definition) is 5. The van der Waals surface area contributed by atoms with Crippen molar-refractivity contribution in [3.8, 4) is 11.5 Å². The van der Waals surface area contributed by atoms with Crippen LogP contribution in [0.2, 0.25) is 0 Å². The average Bonchev–Trinajstić information content (AvgIpc) is 2.91. The predicted octanol–water partition coefficient (Wildman–Crippen LogP) is 3.60. The molecule has 3 aromatic rings. The molecule has 0 saturated carbocycles. The quantitative estimate of drug-likeness (QED) is 0.683. The Kier molecular flexibility index (Phi) is 5.35. The summed E-state index contributed by atoms with van der Waals surface area (Å²) in [4.78, 5) is 28.2. The number of amides is 1. The van der Waals surface area contributed by atoms with Gasteiger partial charge in [-0.05, 0) is 44.5 Å². The second-order valence-corrected chi connectivity index (χ2v) is 6.72. The van der Waals surface area contributed by atoms with E-state index in [2.05, 4.69) is 10.3 Å². The van der Waals surface area contributed by atoms with E-state index in [9.17, 15) is 9.59 Å². The lowest BCUT2D eigenvalue weighted by molar-refractivity contribution is 0.0366. The maximum Gasteiger partial charge on any atom is 0.355 e. The third-order valence-corrected chi connectivity index (χ3v) is 4.39. The molecule has 28 heavy (non-hydrogen) atoms. The lowest BCUT2D eigenvalue weighted by Crippen LogP contribution is -2.18. The monoisotopic (exact) mass is 381 g/mol. The largest absolute Gasteiger partial charge is 0.458 e. The number of pyridine rings is 1. The summed E-state index contributed by atoms with van der Waals surface area (Å²) in [7, 11) is 3.37. The minimum absolute atomic E-state index is 0.190. The van der Waals surface area contributed by atoms with Crippen LogP contribution in [0.15, 0.2) is 36.5 Å². The molecule has 2 heterocycles. The zero-order chi connectivity index (χ0) is 20.4. The van der Waals surface area contributed by atoms with E-state index in [0.29, 0.717) is 17.2 Å². The first-order valence-corrected chi connectivity index (χ1v) is 8.97. The van der Waals surface area contributed by atoms with Crippen LogP contribution >= 0.6 is 0 Å². The second kappa shape index (κ2) is 7.72. The molecule has 7 nitrogen and oxygen atoms in total. The summed E-state index contributed by atoms with van der Waals surface area (Å²) in [5.41, 5.74) is 2.51. The molecule has 0 aliphatic rings. The van der Waals surface area contributed by atoms with E-state index < -0.39 is 0 Å². The van der Waals surface area contributed by atoms with E-state index in [1.54, 1.807) is 19.2 Å². The summed E-state index contributed by atoms with van der Waals surface area (Å²) in [6.07, 6.45) is 1.33. The number of rotatable bonds is 5. The molecule has 0 saturated heterocycles. The van der Waals surface area contributed by atoms with Gasteiger partial charge in [-0.2, -0.15) is 0 Å². The first kappa shape index (κ1) is 19.4. The van der Waals surface area contributed by atoms with Crippen LogP contribution in [0.5, 0.6) is 11.5 Å². The highest BCUT2D eigenvalue weighted by molar-refractivity contribution is 5.99. The third-order valence-electron chi connectivity index (χ3n) is 4.39. The topological polar surface area (TPSA) is 82.5 Å². The van der Waals surface area contributed by atoms with E-state index in [-0.39, 0.29) is 23.7 Å². The summed E-state index contributed by atoms with van der Waals surface area (Å²) < 4.78 is 13.1. The van der Waals surface area contributed by atoms with Crippen LogP contribution in [0.4, 0.5) is 0 Å². The van der Waals surface area contributed by atoms with Crippen molar-refractivity contribution in [2.24, 2.45) is 7.05 Å². The second-order valence-electron chi connectivity index (χ2n) is 6.72. The molecule has 7 heteroatoms. The van der Waals surface area contributed by atoms with E-state index in [4.69, 9.17) is 9.47 Å². The Morgan fingerprint density at radius 1 is 1.14 bits per heavy atom. The number of carbonyl (C=O) groups excluding carboxylic acids is 2. The Labute approximate surface area is 163 Å². The van der Waals surface area contributed by atoms with Gasteiger partial charge in [0, 0.05) is 37.8 Å². The number of nitrogens with one attached hydrogen (secondary N) is 1. The van der Waals surface area contributed by atoms with Crippen LogP contribution in [0.25, 0.3) is 10.9 Å². The van der Waals surface area contributed by atoms with Crippen LogP contribution in [0.3, 0.4) is 0 Å². The molecule has 1 N–H and O–H groups in total. The van der Waals surface area contributed by atoms with Crippen molar-refractivity contribution < 1.29 is 19.1 Å². The zero-order valence-corrected chi connectivity index (χ0v) is 16.6. The highest BCUT2D eigenvalue weighted by Crippen LogP contribution is 2.31. The molecule has 1 amide bonds. The summed E-state index contributed by atoms with van der Waals surface area (Å²) >= 11 is 0. The summed E-state index contributed by atoms with van der Waals surface area (Å²) in [6.45, 7) is 5.55. The van der Waals surface area contributed by atoms with Crippen molar-refractivity contribution in [2.75, 3.05) is 7.05 Å². The van der Waals surface area contributed by atoms with Crippen LogP contribution in [-0.4, -0.2) is 34.6 Å². The van der Waals surface area contributed by atoms with Crippen molar-refractivity contribution in [1.29, 1.82) is 0 Å². The van der Waals surface area contributed by atoms with E-state index >= 15 is 0 Å². The molecular weight excluding hydrogens is 358 g/mol. The van der Waals surface area contributed by atoms with Gasteiger partial charge in [0.15, 0.2) is 0 Å². The van der Waals surface area contributed by atoms with Crippen LogP contribution in [-0.2, 0) is 11.8 Å². The Morgan fingerprint density at radius 2 is 1.86 bits per heavy atom. The molecule has 2 aromatic heterocycles.